The molecule has 0 aromatic heterocycles. The summed E-state index contributed by atoms with van der Waals surface area (Å²) in [5.74, 6) is 4.81. The minimum atomic E-state index is -0.561. The summed E-state index contributed by atoms with van der Waals surface area (Å²) in [5.41, 5.74) is 3.62. The van der Waals surface area contributed by atoms with Crippen LogP contribution in [0.4, 0.5) is 15.3 Å². The lowest BCUT2D eigenvalue weighted by Gasteiger charge is -2.38. The third kappa shape index (κ3) is 6.45. The second kappa shape index (κ2) is 10.4. The van der Waals surface area contributed by atoms with Gasteiger partial charge in [-0.2, -0.15) is 0 Å². The monoisotopic (exact) mass is 453 g/mol. The zero-order valence-corrected chi connectivity index (χ0v) is 19.3. The molecule has 33 heavy (non-hydrogen) atoms. The minimum Gasteiger partial charge on any atom is -0.444 e. The van der Waals surface area contributed by atoms with Crippen molar-refractivity contribution in [2.45, 2.75) is 32.9 Å². The van der Waals surface area contributed by atoms with Crippen LogP contribution in [0, 0.1) is 0 Å². The number of nitrogens with two attached hydrogens (primary N) is 1. The van der Waals surface area contributed by atoms with Crippen LogP contribution >= 0.6 is 0 Å². The number of carbonyl (C=O) groups is 3. The Morgan fingerprint density at radius 1 is 0.939 bits per heavy atom. The summed E-state index contributed by atoms with van der Waals surface area (Å²) in [6.45, 7) is 7.47. The number of ether oxygens (including phenoxy) is 1. The van der Waals surface area contributed by atoms with E-state index in [1.165, 1.54) is 0 Å². The lowest BCUT2D eigenvalue weighted by molar-refractivity contribution is 0.0172. The number of amides is 4. The topological polar surface area (TPSA) is 108 Å². The van der Waals surface area contributed by atoms with E-state index in [-0.39, 0.29) is 18.0 Å². The molecule has 1 heterocycles. The van der Waals surface area contributed by atoms with Crippen molar-refractivity contribution in [1.82, 2.24) is 15.2 Å². The molecule has 0 aliphatic carbocycles. The summed E-state index contributed by atoms with van der Waals surface area (Å²) in [7, 11) is 0. The van der Waals surface area contributed by atoms with Gasteiger partial charge in [-0.3, -0.25) is 15.1 Å². The number of nitrogen functional groups attached to an aromatic ring is 1. The zero-order chi connectivity index (χ0) is 24.0. The van der Waals surface area contributed by atoms with E-state index in [4.69, 9.17) is 10.6 Å². The molecule has 0 spiro atoms. The number of anilines is 1. The quantitative estimate of drug-likeness (QED) is 0.420. The maximum absolute atomic E-state index is 13.5. The van der Waals surface area contributed by atoms with Crippen LogP contribution < -0.4 is 16.2 Å². The number of nitrogens with one attached hydrogen (secondary N) is 1. The van der Waals surface area contributed by atoms with Gasteiger partial charge < -0.3 is 14.5 Å². The first-order valence-electron chi connectivity index (χ1n) is 10.9. The van der Waals surface area contributed by atoms with Crippen molar-refractivity contribution in [3.05, 3.63) is 65.7 Å². The fourth-order valence-corrected chi connectivity index (χ4v) is 3.48. The van der Waals surface area contributed by atoms with Crippen molar-refractivity contribution in [2.75, 3.05) is 31.1 Å². The van der Waals surface area contributed by atoms with Crippen LogP contribution in [0.3, 0.4) is 0 Å². The molecule has 1 aliphatic heterocycles. The van der Waals surface area contributed by atoms with E-state index in [1.54, 1.807) is 39.0 Å². The highest BCUT2D eigenvalue weighted by atomic mass is 16.6. The molecule has 0 unspecified atom stereocenters. The number of rotatable bonds is 4. The van der Waals surface area contributed by atoms with Gasteiger partial charge in [0.25, 0.3) is 5.91 Å². The predicted octanol–water partition coefficient (Wildman–Crippen LogP) is 2.97. The van der Waals surface area contributed by atoms with Crippen LogP contribution in [-0.2, 0) is 11.3 Å². The average molecular weight is 454 g/mol. The Kier molecular flexibility index (Phi) is 7.55. The highest BCUT2D eigenvalue weighted by molar-refractivity contribution is 5.94. The Labute approximate surface area is 194 Å². The normalized spacial score (nSPS) is 13.9. The van der Waals surface area contributed by atoms with Gasteiger partial charge in [-0.1, -0.05) is 30.3 Å². The van der Waals surface area contributed by atoms with Crippen LogP contribution in [-0.4, -0.2) is 59.6 Å². The Morgan fingerprint density at radius 3 is 2.06 bits per heavy atom. The molecule has 9 heteroatoms. The summed E-state index contributed by atoms with van der Waals surface area (Å²) in [6.07, 6.45) is -0.365. The van der Waals surface area contributed by atoms with Gasteiger partial charge in [-0.05, 0) is 50.6 Å². The molecule has 0 bridgehead atoms. The standard InChI is InChI=1S/C24H31N5O4/c1-24(2,3)33-23(32)28-15-13-27(14-16-28)22(31)29(20-7-5-4-6-8-20)17-18-9-11-19(12-10-18)21(30)26-25/h4-12H,13-17,25H2,1-3H3,(H,26,30). The summed E-state index contributed by atoms with van der Waals surface area (Å²) in [5, 5.41) is 0. The predicted molar refractivity (Wildman–Crippen MR) is 125 cm³/mol. The van der Waals surface area contributed by atoms with Crippen molar-refractivity contribution in [1.29, 1.82) is 0 Å². The Hall–Kier alpha value is -3.59. The van der Waals surface area contributed by atoms with Gasteiger partial charge in [0, 0.05) is 37.4 Å². The van der Waals surface area contributed by atoms with Crippen LogP contribution in [0.15, 0.2) is 54.6 Å². The van der Waals surface area contributed by atoms with E-state index >= 15 is 0 Å². The van der Waals surface area contributed by atoms with Gasteiger partial charge in [0.1, 0.15) is 5.60 Å². The number of hydrogen-bond acceptors (Lipinski definition) is 5. The van der Waals surface area contributed by atoms with Gasteiger partial charge in [-0.15, -0.1) is 0 Å². The lowest BCUT2D eigenvalue weighted by atomic mass is 10.1. The molecule has 1 fully saturated rings. The number of hydrazine groups is 1. The van der Waals surface area contributed by atoms with Crippen LogP contribution in [0.2, 0.25) is 0 Å². The van der Waals surface area contributed by atoms with Crippen molar-refractivity contribution < 1.29 is 19.1 Å². The third-order valence-electron chi connectivity index (χ3n) is 5.19. The molecule has 9 nitrogen and oxygen atoms in total. The smallest absolute Gasteiger partial charge is 0.410 e. The van der Waals surface area contributed by atoms with Crippen molar-refractivity contribution in [3.8, 4) is 0 Å². The number of benzene rings is 2. The summed E-state index contributed by atoms with van der Waals surface area (Å²) >= 11 is 0. The molecule has 176 valence electrons. The molecule has 1 saturated heterocycles. The van der Waals surface area contributed by atoms with E-state index in [0.717, 1.165) is 11.3 Å². The zero-order valence-electron chi connectivity index (χ0n) is 19.3. The molecule has 0 atom stereocenters. The van der Waals surface area contributed by atoms with Crippen LogP contribution in [0.1, 0.15) is 36.7 Å². The summed E-state index contributed by atoms with van der Waals surface area (Å²) in [6, 6.07) is 16.2. The first-order chi connectivity index (χ1) is 15.7. The largest absolute Gasteiger partial charge is 0.444 e. The number of nitrogens with zero attached hydrogens (tertiary/aromatic N) is 3. The van der Waals surface area contributed by atoms with Crippen LogP contribution in [0.5, 0.6) is 0 Å². The van der Waals surface area contributed by atoms with Crippen molar-refractivity contribution >= 4 is 23.7 Å². The first-order valence-corrected chi connectivity index (χ1v) is 10.9. The number of hydrogen-bond donors (Lipinski definition) is 2. The van der Waals surface area contributed by atoms with Crippen molar-refractivity contribution in [3.63, 3.8) is 0 Å². The lowest BCUT2D eigenvalue weighted by Crippen LogP contribution is -2.54. The molecule has 2 aromatic rings. The molecule has 1 aliphatic rings. The van der Waals surface area contributed by atoms with E-state index in [0.29, 0.717) is 38.3 Å². The highest BCUT2D eigenvalue weighted by Crippen LogP contribution is 2.21. The second-order valence-corrected chi connectivity index (χ2v) is 8.83. The van der Waals surface area contributed by atoms with Gasteiger partial charge in [0.15, 0.2) is 0 Å². The molecule has 4 amide bonds. The minimum absolute atomic E-state index is 0.145. The molecular weight excluding hydrogens is 422 g/mol. The van der Waals surface area contributed by atoms with Crippen LogP contribution in [0.25, 0.3) is 0 Å². The number of para-hydroxylation sites is 1. The Morgan fingerprint density at radius 2 is 1.52 bits per heavy atom. The Bertz CT molecular complexity index is 965. The molecule has 2 aromatic carbocycles. The first kappa shape index (κ1) is 24.1. The Balaban J connectivity index is 1.71. The second-order valence-electron chi connectivity index (χ2n) is 8.83. The van der Waals surface area contributed by atoms with E-state index in [9.17, 15) is 14.4 Å². The molecule has 3 rings (SSSR count). The number of carbonyl (C=O) groups excluding carboxylic acids is 3. The van der Waals surface area contributed by atoms with Crippen molar-refractivity contribution in [2.24, 2.45) is 5.84 Å². The van der Waals surface area contributed by atoms with E-state index in [1.807, 2.05) is 51.1 Å². The van der Waals surface area contributed by atoms with Gasteiger partial charge in [-0.25, -0.2) is 15.4 Å². The highest BCUT2D eigenvalue weighted by Gasteiger charge is 2.30. The van der Waals surface area contributed by atoms with Gasteiger partial charge in [0.2, 0.25) is 0 Å². The fraction of sp³-hybridized carbons (Fsp3) is 0.375. The summed E-state index contributed by atoms with van der Waals surface area (Å²) < 4.78 is 5.44. The molecule has 0 radical (unpaired) electrons. The molecule has 0 saturated carbocycles. The van der Waals surface area contributed by atoms with Gasteiger partial charge in [0.05, 0.1) is 6.54 Å². The summed E-state index contributed by atoms with van der Waals surface area (Å²) in [4.78, 5) is 42.6. The third-order valence-corrected chi connectivity index (χ3v) is 5.19. The maximum Gasteiger partial charge on any atom is 0.410 e. The number of piperazine rings is 1. The maximum atomic E-state index is 13.5. The fourth-order valence-electron chi connectivity index (χ4n) is 3.48. The van der Waals surface area contributed by atoms with E-state index in [2.05, 4.69) is 5.43 Å². The SMILES string of the molecule is CC(C)(C)OC(=O)N1CCN(C(=O)N(Cc2ccc(C(=O)NN)cc2)c2ccccc2)CC1. The molecular formula is C24H31N5O4. The molecule has 3 N–H and O–H groups in total. The van der Waals surface area contributed by atoms with E-state index < -0.39 is 5.60 Å². The average Bonchev–Trinajstić information content (AvgIpc) is 2.81. The van der Waals surface area contributed by atoms with Gasteiger partial charge >= 0.3 is 12.1 Å². The number of urea groups is 1.